The lowest BCUT2D eigenvalue weighted by Gasteiger charge is -2.41. The fraction of sp³-hybridized carbons (Fsp3) is 1.00. The average molecular weight is 352 g/mol. The van der Waals surface area contributed by atoms with Crippen molar-refractivity contribution >= 4 is 10.2 Å². The first-order valence-electron chi connectivity index (χ1n) is 7.45. The summed E-state index contributed by atoms with van der Waals surface area (Å²) in [5, 5.41) is 5.18. The van der Waals surface area contributed by atoms with E-state index >= 15 is 0 Å². The van der Waals surface area contributed by atoms with E-state index in [1.165, 1.54) is 7.05 Å². The van der Waals surface area contributed by atoms with E-state index in [1.807, 2.05) is 13.8 Å². The number of hydrogen-bond donors (Lipinski definition) is 1. The normalized spacial score (nSPS) is 41.8. The number of rotatable bonds is 3. The molecular weight excluding hydrogens is 328 g/mol. The molecule has 3 fully saturated rings. The highest BCUT2D eigenvalue weighted by Crippen LogP contribution is 2.47. The standard InChI is InChI=1S/C13H24N2O7S/c1-11(2)19-8-6-18-13(7-15(5)23(14,16)17)10(9(8)20-11)21-12(3,4)22-13/h8-10H,6-7H2,1-5H3,(H2,14,16,17)/t8-,9-,10+,13+/m1/s1. The van der Waals surface area contributed by atoms with E-state index < -0.39 is 39.8 Å². The minimum Gasteiger partial charge on any atom is -0.343 e. The summed E-state index contributed by atoms with van der Waals surface area (Å²) in [4.78, 5) is 0. The molecule has 3 aliphatic rings. The third-order valence-electron chi connectivity index (χ3n) is 4.15. The summed E-state index contributed by atoms with van der Waals surface area (Å²) in [6.07, 6.45) is -1.36. The van der Waals surface area contributed by atoms with Gasteiger partial charge in [0.15, 0.2) is 11.6 Å². The van der Waals surface area contributed by atoms with Crippen molar-refractivity contribution in [2.75, 3.05) is 20.2 Å². The van der Waals surface area contributed by atoms with Crippen molar-refractivity contribution in [3.63, 3.8) is 0 Å². The predicted octanol–water partition coefficient (Wildman–Crippen LogP) is -0.480. The van der Waals surface area contributed by atoms with Gasteiger partial charge in [-0.2, -0.15) is 12.7 Å². The summed E-state index contributed by atoms with van der Waals surface area (Å²) in [7, 11) is -2.52. The van der Waals surface area contributed by atoms with E-state index in [2.05, 4.69) is 0 Å². The zero-order valence-electron chi connectivity index (χ0n) is 13.9. The van der Waals surface area contributed by atoms with Gasteiger partial charge in [-0.25, -0.2) is 5.14 Å². The van der Waals surface area contributed by atoms with Crippen LogP contribution in [0.15, 0.2) is 0 Å². The topological polar surface area (TPSA) is 110 Å². The fourth-order valence-electron chi connectivity index (χ4n) is 3.36. The third kappa shape index (κ3) is 3.14. The Labute approximate surface area is 136 Å². The molecule has 0 radical (unpaired) electrons. The van der Waals surface area contributed by atoms with Gasteiger partial charge in [0.25, 0.3) is 10.2 Å². The predicted molar refractivity (Wildman–Crippen MR) is 78.3 cm³/mol. The molecule has 0 aliphatic carbocycles. The second-order valence-electron chi connectivity index (χ2n) is 7.10. The average Bonchev–Trinajstić information content (AvgIpc) is 2.79. The molecule has 0 aromatic heterocycles. The Morgan fingerprint density at radius 1 is 1.13 bits per heavy atom. The lowest BCUT2D eigenvalue weighted by atomic mass is 9.97. The van der Waals surface area contributed by atoms with Crippen molar-refractivity contribution < 1.29 is 32.1 Å². The van der Waals surface area contributed by atoms with Crippen LogP contribution < -0.4 is 5.14 Å². The molecule has 0 aromatic rings. The van der Waals surface area contributed by atoms with E-state index in [4.69, 9.17) is 28.8 Å². The largest absolute Gasteiger partial charge is 0.343 e. The van der Waals surface area contributed by atoms with Crippen LogP contribution in [0.25, 0.3) is 0 Å². The molecule has 0 saturated carbocycles. The zero-order chi connectivity index (χ0) is 17.3. The van der Waals surface area contributed by atoms with E-state index in [9.17, 15) is 8.42 Å². The smallest absolute Gasteiger partial charge is 0.276 e. The maximum Gasteiger partial charge on any atom is 0.276 e. The van der Waals surface area contributed by atoms with Gasteiger partial charge >= 0.3 is 0 Å². The van der Waals surface area contributed by atoms with Crippen LogP contribution in [0.3, 0.4) is 0 Å². The number of ether oxygens (including phenoxy) is 5. The summed E-state index contributed by atoms with van der Waals surface area (Å²) < 4.78 is 53.7. The van der Waals surface area contributed by atoms with E-state index in [1.54, 1.807) is 13.8 Å². The molecule has 4 atom stereocenters. The maximum absolute atomic E-state index is 11.6. The van der Waals surface area contributed by atoms with Gasteiger partial charge in [-0.15, -0.1) is 0 Å². The molecule has 9 nitrogen and oxygen atoms in total. The molecule has 0 amide bonds. The van der Waals surface area contributed by atoms with Crippen molar-refractivity contribution in [1.82, 2.24) is 4.31 Å². The molecule has 3 rings (SSSR count). The second kappa shape index (κ2) is 5.09. The number of nitrogens with two attached hydrogens (primary N) is 1. The van der Waals surface area contributed by atoms with E-state index in [0.29, 0.717) is 0 Å². The highest BCUT2D eigenvalue weighted by atomic mass is 32.2. The van der Waals surface area contributed by atoms with Gasteiger partial charge in [0.2, 0.25) is 5.79 Å². The van der Waals surface area contributed by atoms with Crippen LogP contribution in [-0.2, 0) is 33.9 Å². The lowest BCUT2D eigenvalue weighted by Crippen LogP contribution is -2.63. The minimum atomic E-state index is -3.88. The Bertz CT molecular complexity index is 593. The molecular formula is C13H24N2O7S. The molecule has 0 aromatic carbocycles. The molecule has 3 saturated heterocycles. The van der Waals surface area contributed by atoms with Crippen molar-refractivity contribution in [2.45, 2.75) is 63.4 Å². The Morgan fingerprint density at radius 3 is 2.39 bits per heavy atom. The van der Waals surface area contributed by atoms with Crippen LogP contribution in [0.5, 0.6) is 0 Å². The Kier molecular flexibility index (Phi) is 3.87. The van der Waals surface area contributed by atoms with Gasteiger partial charge in [-0.1, -0.05) is 0 Å². The molecule has 23 heavy (non-hydrogen) atoms. The summed E-state index contributed by atoms with van der Waals surface area (Å²) in [6.45, 7) is 7.21. The first kappa shape index (κ1) is 17.5. The molecule has 0 bridgehead atoms. The van der Waals surface area contributed by atoms with Crippen LogP contribution in [-0.4, -0.2) is 68.6 Å². The molecule has 10 heteroatoms. The van der Waals surface area contributed by atoms with Crippen LogP contribution in [0.1, 0.15) is 27.7 Å². The van der Waals surface area contributed by atoms with Crippen molar-refractivity contribution in [1.29, 1.82) is 0 Å². The van der Waals surface area contributed by atoms with Gasteiger partial charge in [0, 0.05) is 7.05 Å². The highest BCUT2D eigenvalue weighted by Gasteiger charge is 2.65. The first-order valence-corrected chi connectivity index (χ1v) is 8.96. The third-order valence-corrected chi connectivity index (χ3v) is 5.15. The number of fused-ring (bicyclic) bond motifs is 3. The SMILES string of the molecule is CN(C[C@@]12OC[C@H]3OC(C)(C)O[C@H]3[C@@H]1OC(C)(C)O2)S(N)(=O)=O. The lowest BCUT2D eigenvalue weighted by molar-refractivity contribution is -0.282. The van der Waals surface area contributed by atoms with Crippen molar-refractivity contribution in [3.05, 3.63) is 0 Å². The number of hydrogen-bond acceptors (Lipinski definition) is 7. The minimum absolute atomic E-state index is 0.104. The van der Waals surface area contributed by atoms with Crippen LogP contribution in [0.2, 0.25) is 0 Å². The summed E-state index contributed by atoms with van der Waals surface area (Å²) >= 11 is 0. The Morgan fingerprint density at radius 2 is 1.78 bits per heavy atom. The summed E-state index contributed by atoms with van der Waals surface area (Å²) in [6, 6.07) is 0. The molecule has 0 unspecified atom stereocenters. The van der Waals surface area contributed by atoms with Crippen LogP contribution in [0.4, 0.5) is 0 Å². The van der Waals surface area contributed by atoms with Gasteiger partial charge in [-0.05, 0) is 27.7 Å². The maximum atomic E-state index is 11.6. The van der Waals surface area contributed by atoms with Crippen molar-refractivity contribution in [3.8, 4) is 0 Å². The monoisotopic (exact) mass is 352 g/mol. The van der Waals surface area contributed by atoms with Gasteiger partial charge < -0.3 is 23.7 Å². The molecule has 2 N–H and O–H groups in total. The molecule has 134 valence electrons. The molecule has 0 spiro atoms. The number of nitrogens with zero attached hydrogens (tertiary/aromatic N) is 1. The molecule has 3 heterocycles. The van der Waals surface area contributed by atoms with Crippen LogP contribution >= 0.6 is 0 Å². The van der Waals surface area contributed by atoms with Gasteiger partial charge in [0.05, 0.1) is 13.2 Å². The molecule has 3 aliphatic heterocycles. The number of likely N-dealkylation sites (N-methyl/N-ethyl adjacent to an activating group) is 1. The van der Waals surface area contributed by atoms with E-state index in [0.717, 1.165) is 4.31 Å². The van der Waals surface area contributed by atoms with Gasteiger partial charge in [0.1, 0.15) is 18.3 Å². The van der Waals surface area contributed by atoms with Crippen LogP contribution in [0, 0.1) is 0 Å². The zero-order valence-corrected chi connectivity index (χ0v) is 14.8. The highest BCUT2D eigenvalue weighted by molar-refractivity contribution is 7.86. The second-order valence-corrected chi connectivity index (χ2v) is 8.76. The first-order chi connectivity index (χ1) is 10.3. The quantitative estimate of drug-likeness (QED) is 0.730. The summed E-state index contributed by atoms with van der Waals surface area (Å²) in [5.74, 6) is -3.01. The summed E-state index contributed by atoms with van der Waals surface area (Å²) in [5.41, 5.74) is 0. The fourth-order valence-corrected chi connectivity index (χ4v) is 3.72. The van der Waals surface area contributed by atoms with E-state index in [-0.39, 0.29) is 19.3 Å². The Balaban J connectivity index is 1.91. The van der Waals surface area contributed by atoms with Crippen molar-refractivity contribution in [2.24, 2.45) is 5.14 Å². The van der Waals surface area contributed by atoms with Gasteiger partial charge in [-0.3, -0.25) is 0 Å². The Hall–Kier alpha value is -0.330.